The molecule has 0 heterocycles. The molecule has 0 aliphatic heterocycles. The highest BCUT2D eigenvalue weighted by molar-refractivity contribution is 5.94. The lowest BCUT2D eigenvalue weighted by Crippen LogP contribution is -2.26. The molecular weight excluding hydrogens is 248 g/mol. The topological polar surface area (TPSA) is 20.3 Å². The van der Waals surface area contributed by atoms with E-state index >= 15 is 0 Å². The van der Waals surface area contributed by atoms with E-state index in [2.05, 4.69) is 0 Å². The minimum absolute atomic E-state index is 0.136. The van der Waals surface area contributed by atoms with Gasteiger partial charge in [0.2, 0.25) is 0 Å². The van der Waals surface area contributed by atoms with Gasteiger partial charge < -0.3 is 4.90 Å². The van der Waals surface area contributed by atoms with Crippen molar-refractivity contribution in [2.24, 2.45) is 0 Å². The summed E-state index contributed by atoms with van der Waals surface area (Å²) in [6, 6.07) is 12.6. The van der Waals surface area contributed by atoms with Crippen molar-refractivity contribution in [2.45, 2.75) is 6.54 Å². The fraction of sp³-hybridized carbons (Fsp3) is 0.133. The van der Waals surface area contributed by atoms with Gasteiger partial charge in [-0.25, -0.2) is 8.78 Å². The van der Waals surface area contributed by atoms with Gasteiger partial charge in [0.1, 0.15) is 0 Å². The number of halogens is 2. The molecule has 2 rings (SSSR count). The SMILES string of the molecule is CN(Cc1ccccc1)C(=O)c1ccc(F)c(F)c1. The first kappa shape index (κ1) is 13.2. The molecular formula is C15H13F2NO. The molecule has 98 valence electrons. The maximum absolute atomic E-state index is 13.1. The minimum Gasteiger partial charge on any atom is -0.337 e. The third-order valence-corrected chi connectivity index (χ3v) is 2.78. The Morgan fingerprint density at radius 3 is 2.37 bits per heavy atom. The van der Waals surface area contributed by atoms with Crippen LogP contribution >= 0.6 is 0 Å². The van der Waals surface area contributed by atoms with E-state index in [9.17, 15) is 13.6 Å². The van der Waals surface area contributed by atoms with Gasteiger partial charge in [-0.3, -0.25) is 4.79 Å². The van der Waals surface area contributed by atoms with E-state index in [1.54, 1.807) is 7.05 Å². The van der Waals surface area contributed by atoms with Gasteiger partial charge in [0.15, 0.2) is 11.6 Å². The fourth-order valence-corrected chi connectivity index (χ4v) is 1.78. The summed E-state index contributed by atoms with van der Waals surface area (Å²) in [6.07, 6.45) is 0. The van der Waals surface area contributed by atoms with Crippen LogP contribution in [0.3, 0.4) is 0 Å². The Morgan fingerprint density at radius 1 is 1.05 bits per heavy atom. The molecule has 0 aliphatic carbocycles. The Hall–Kier alpha value is -2.23. The van der Waals surface area contributed by atoms with Crippen molar-refractivity contribution in [3.8, 4) is 0 Å². The van der Waals surface area contributed by atoms with E-state index in [-0.39, 0.29) is 11.5 Å². The molecule has 4 heteroatoms. The van der Waals surface area contributed by atoms with Crippen LogP contribution in [0.4, 0.5) is 8.78 Å². The number of carbonyl (C=O) groups is 1. The molecule has 0 atom stereocenters. The number of hydrogen-bond acceptors (Lipinski definition) is 1. The highest BCUT2D eigenvalue weighted by Gasteiger charge is 2.14. The largest absolute Gasteiger partial charge is 0.337 e. The van der Waals surface area contributed by atoms with Crippen LogP contribution in [0.5, 0.6) is 0 Å². The summed E-state index contributed by atoms with van der Waals surface area (Å²) < 4.78 is 25.9. The Balaban J connectivity index is 2.12. The van der Waals surface area contributed by atoms with Gasteiger partial charge in [-0.15, -0.1) is 0 Å². The quantitative estimate of drug-likeness (QED) is 0.830. The molecule has 0 N–H and O–H groups in total. The van der Waals surface area contributed by atoms with Crippen LogP contribution in [-0.2, 0) is 6.54 Å². The lowest BCUT2D eigenvalue weighted by Gasteiger charge is -2.17. The van der Waals surface area contributed by atoms with Gasteiger partial charge >= 0.3 is 0 Å². The van der Waals surface area contributed by atoms with Gasteiger partial charge in [0, 0.05) is 19.2 Å². The average Bonchev–Trinajstić information content (AvgIpc) is 2.42. The summed E-state index contributed by atoms with van der Waals surface area (Å²) in [6.45, 7) is 0.415. The van der Waals surface area contributed by atoms with Crippen LogP contribution in [0.15, 0.2) is 48.5 Å². The molecule has 0 aromatic heterocycles. The zero-order valence-corrected chi connectivity index (χ0v) is 10.4. The van der Waals surface area contributed by atoms with Crippen molar-refractivity contribution >= 4 is 5.91 Å². The molecule has 0 unspecified atom stereocenters. The second-order valence-electron chi connectivity index (χ2n) is 4.28. The summed E-state index contributed by atoms with van der Waals surface area (Å²) in [5.74, 6) is -2.32. The molecule has 0 aliphatic rings. The first-order chi connectivity index (χ1) is 9.08. The van der Waals surface area contributed by atoms with Crippen molar-refractivity contribution in [1.29, 1.82) is 0 Å². The lowest BCUT2D eigenvalue weighted by atomic mass is 10.1. The van der Waals surface area contributed by atoms with E-state index in [1.165, 1.54) is 11.0 Å². The van der Waals surface area contributed by atoms with Gasteiger partial charge in [0.25, 0.3) is 5.91 Å². The molecule has 0 radical (unpaired) electrons. The Morgan fingerprint density at radius 2 is 1.74 bits per heavy atom. The van der Waals surface area contributed by atoms with Crippen molar-refractivity contribution in [2.75, 3.05) is 7.05 Å². The van der Waals surface area contributed by atoms with Gasteiger partial charge in [-0.1, -0.05) is 30.3 Å². The Labute approximate surface area is 110 Å². The van der Waals surface area contributed by atoms with Crippen molar-refractivity contribution < 1.29 is 13.6 Å². The summed E-state index contributed by atoms with van der Waals surface area (Å²) in [5.41, 5.74) is 1.11. The smallest absolute Gasteiger partial charge is 0.254 e. The number of amides is 1. The summed E-state index contributed by atoms with van der Waals surface area (Å²) in [5, 5.41) is 0. The number of benzene rings is 2. The maximum Gasteiger partial charge on any atom is 0.254 e. The molecule has 2 nitrogen and oxygen atoms in total. The monoisotopic (exact) mass is 261 g/mol. The number of nitrogens with zero attached hydrogens (tertiary/aromatic N) is 1. The van der Waals surface area contributed by atoms with Crippen LogP contribution in [0, 0.1) is 11.6 Å². The van der Waals surface area contributed by atoms with Crippen molar-refractivity contribution in [3.63, 3.8) is 0 Å². The molecule has 0 fully saturated rings. The van der Waals surface area contributed by atoms with E-state index in [4.69, 9.17) is 0 Å². The second kappa shape index (κ2) is 5.61. The standard InChI is InChI=1S/C15H13F2NO/c1-18(10-11-5-3-2-4-6-11)15(19)12-7-8-13(16)14(17)9-12/h2-9H,10H2,1H3. The zero-order valence-electron chi connectivity index (χ0n) is 10.4. The van der Waals surface area contributed by atoms with Crippen LogP contribution in [0.2, 0.25) is 0 Å². The van der Waals surface area contributed by atoms with Crippen LogP contribution in [0.1, 0.15) is 15.9 Å². The number of rotatable bonds is 3. The van der Waals surface area contributed by atoms with Crippen LogP contribution in [0.25, 0.3) is 0 Å². The number of hydrogen-bond donors (Lipinski definition) is 0. The predicted octanol–water partition coefficient (Wildman–Crippen LogP) is 3.24. The van der Waals surface area contributed by atoms with Gasteiger partial charge in [-0.05, 0) is 23.8 Å². The molecule has 19 heavy (non-hydrogen) atoms. The van der Waals surface area contributed by atoms with E-state index in [1.807, 2.05) is 30.3 Å². The molecule has 0 saturated heterocycles. The van der Waals surface area contributed by atoms with Crippen LogP contribution in [-0.4, -0.2) is 17.9 Å². The van der Waals surface area contributed by atoms with Crippen LogP contribution < -0.4 is 0 Å². The highest BCUT2D eigenvalue weighted by atomic mass is 19.2. The first-order valence-electron chi connectivity index (χ1n) is 5.82. The summed E-state index contributed by atoms with van der Waals surface area (Å²) >= 11 is 0. The molecule has 0 spiro atoms. The third kappa shape index (κ3) is 3.16. The van der Waals surface area contributed by atoms with E-state index < -0.39 is 11.6 Å². The van der Waals surface area contributed by atoms with Gasteiger partial charge in [0.05, 0.1) is 0 Å². The summed E-state index contributed by atoms with van der Waals surface area (Å²) in [7, 11) is 1.62. The number of carbonyl (C=O) groups excluding carboxylic acids is 1. The fourth-order valence-electron chi connectivity index (χ4n) is 1.78. The highest BCUT2D eigenvalue weighted by Crippen LogP contribution is 2.12. The molecule has 2 aromatic carbocycles. The van der Waals surface area contributed by atoms with Crippen molar-refractivity contribution in [1.82, 2.24) is 4.90 Å². The first-order valence-corrected chi connectivity index (χ1v) is 5.82. The molecule has 2 aromatic rings. The van der Waals surface area contributed by atoms with Gasteiger partial charge in [-0.2, -0.15) is 0 Å². The predicted molar refractivity (Wildman–Crippen MR) is 68.6 cm³/mol. The lowest BCUT2D eigenvalue weighted by molar-refractivity contribution is 0.0784. The zero-order chi connectivity index (χ0) is 13.8. The molecule has 0 saturated carbocycles. The normalized spacial score (nSPS) is 10.3. The average molecular weight is 261 g/mol. The maximum atomic E-state index is 13.1. The Kier molecular flexibility index (Phi) is 3.90. The van der Waals surface area contributed by atoms with E-state index in [0.29, 0.717) is 6.54 Å². The Bertz CT molecular complexity index is 584. The molecule has 1 amide bonds. The van der Waals surface area contributed by atoms with Crippen molar-refractivity contribution in [3.05, 3.63) is 71.3 Å². The van der Waals surface area contributed by atoms with E-state index in [0.717, 1.165) is 17.7 Å². The second-order valence-corrected chi connectivity index (χ2v) is 4.28. The summed E-state index contributed by atoms with van der Waals surface area (Å²) in [4.78, 5) is 13.5. The third-order valence-electron chi connectivity index (χ3n) is 2.78. The minimum atomic E-state index is -1.01. The molecule has 0 bridgehead atoms.